The van der Waals surface area contributed by atoms with Gasteiger partial charge >= 0.3 is 0 Å². The lowest BCUT2D eigenvalue weighted by Gasteiger charge is -2.30. The fourth-order valence-electron chi connectivity index (χ4n) is 12.4. The van der Waals surface area contributed by atoms with Gasteiger partial charge in [0.15, 0.2) is 0 Å². The van der Waals surface area contributed by atoms with Crippen molar-refractivity contribution in [2.75, 3.05) is 38.2 Å². The minimum Gasteiger partial charge on any atom is -0.497 e. The van der Waals surface area contributed by atoms with Crippen LogP contribution in [0.1, 0.15) is 22.3 Å². The Morgan fingerprint density at radius 2 is 0.526 bits per heavy atom. The minimum absolute atomic E-state index is 0.823. The predicted molar refractivity (Wildman–Crippen MR) is 319 cm³/mol. The Hall–Kier alpha value is -9.26. The molecule has 0 N–H and O–H groups in total. The number of ether oxygens (including phenoxy) is 4. The molecule has 0 fully saturated rings. The van der Waals surface area contributed by atoms with Gasteiger partial charge in [0, 0.05) is 33.5 Å². The number of aryl methyl sites for hydroxylation is 4. The van der Waals surface area contributed by atoms with Crippen LogP contribution in [0.2, 0.25) is 0 Å². The third kappa shape index (κ3) is 7.08. The minimum atomic E-state index is 0.823. The van der Waals surface area contributed by atoms with E-state index in [0.29, 0.717) is 0 Å². The van der Waals surface area contributed by atoms with Gasteiger partial charge in [-0.05, 0) is 211 Å². The highest BCUT2D eigenvalue weighted by molar-refractivity contribution is 6.47. The Balaban J connectivity index is 1.17. The molecule has 0 aliphatic rings. The molecule has 0 saturated carbocycles. The van der Waals surface area contributed by atoms with Gasteiger partial charge in [-0.1, -0.05) is 109 Å². The fourth-order valence-corrected chi connectivity index (χ4v) is 12.4. The second-order valence-electron chi connectivity index (χ2n) is 20.0. The Morgan fingerprint density at radius 3 is 0.816 bits per heavy atom. The van der Waals surface area contributed by atoms with E-state index in [0.717, 1.165) is 79.4 Å². The number of anilines is 6. The van der Waals surface area contributed by atoms with Crippen molar-refractivity contribution >= 4 is 98.8 Å². The van der Waals surface area contributed by atoms with E-state index in [2.05, 4.69) is 232 Å². The van der Waals surface area contributed by atoms with Crippen molar-refractivity contribution in [2.45, 2.75) is 27.7 Å². The molecule has 0 unspecified atom stereocenters. The summed E-state index contributed by atoms with van der Waals surface area (Å²) in [5.41, 5.74) is 15.7. The van der Waals surface area contributed by atoms with Crippen molar-refractivity contribution in [3.8, 4) is 45.3 Å². The molecule has 0 spiro atoms. The Kier molecular flexibility index (Phi) is 11.2. The smallest absolute Gasteiger partial charge is 0.119 e. The number of rotatable bonds is 12. The maximum absolute atomic E-state index is 5.74. The first-order chi connectivity index (χ1) is 37.2. The summed E-state index contributed by atoms with van der Waals surface area (Å²) in [5.74, 6) is 3.29. The normalized spacial score (nSPS) is 11.7. The number of fused-ring (bicyclic) bond motifs is 6. The van der Waals surface area contributed by atoms with E-state index >= 15 is 0 Å². The third-order valence-corrected chi connectivity index (χ3v) is 15.8. The van der Waals surface area contributed by atoms with E-state index in [1.54, 1.807) is 28.4 Å². The van der Waals surface area contributed by atoms with Gasteiger partial charge in [0.1, 0.15) is 23.0 Å². The molecular weight excluding hydrogens is 933 g/mol. The SMILES string of the molecule is COc1ccc(N(c2ccc(OC)cc2C)c2ccc3c4c(-c5ccccc5)c5c6cccc7c(N(c8ccc(OC)cc8C)c8ccc(OC)cc8C)ccc(c5c(-c5ccccc5)c4c4cccc2c43)c76)c(C)c1. The quantitative estimate of drug-likeness (QED) is 0.122. The van der Waals surface area contributed by atoms with Crippen molar-refractivity contribution < 1.29 is 18.9 Å². The van der Waals surface area contributed by atoms with Gasteiger partial charge in [-0.15, -0.1) is 0 Å². The van der Waals surface area contributed by atoms with Crippen LogP contribution >= 0.6 is 0 Å². The molecule has 370 valence electrons. The zero-order valence-corrected chi connectivity index (χ0v) is 44.0. The van der Waals surface area contributed by atoms with Gasteiger partial charge in [-0.2, -0.15) is 0 Å². The molecule has 0 atom stereocenters. The highest BCUT2D eigenvalue weighted by atomic mass is 16.5. The lowest BCUT2D eigenvalue weighted by atomic mass is 9.87. The molecule has 76 heavy (non-hydrogen) atoms. The van der Waals surface area contributed by atoms with Crippen molar-refractivity contribution in [2.24, 2.45) is 0 Å². The van der Waals surface area contributed by atoms with Crippen LogP contribution in [0.3, 0.4) is 0 Å². The van der Waals surface area contributed by atoms with Crippen molar-refractivity contribution in [1.82, 2.24) is 0 Å². The summed E-state index contributed by atoms with van der Waals surface area (Å²) in [6.45, 7) is 8.66. The molecule has 13 aromatic rings. The van der Waals surface area contributed by atoms with E-state index in [4.69, 9.17) is 18.9 Å². The van der Waals surface area contributed by atoms with Crippen LogP contribution in [0.4, 0.5) is 34.1 Å². The first-order valence-electron chi connectivity index (χ1n) is 25.9. The maximum Gasteiger partial charge on any atom is 0.119 e. The van der Waals surface area contributed by atoms with Gasteiger partial charge in [-0.25, -0.2) is 0 Å². The Morgan fingerprint density at radius 1 is 0.250 bits per heavy atom. The molecule has 0 radical (unpaired) electrons. The van der Waals surface area contributed by atoms with Crippen LogP contribution in [0, 0.1) is 27.7 Å². The van der Waals surface area contributed by atoms with Gasteiger partial charge in [0.2, 0.25) is 0 Å². The molecule has 0 aromatic heterocycles. The summed E-state index contributed by atoms with van der Waals surface area (Å²) < 4.78 is 23.0. The van der Waals surface area contributed by atoms with E-state index in [9.17, 15) is 0 Å². The number of benzene rings is 11. The average molecular weight is 989 g/mol. The summed E-state index contributed by atoms with van der Waals surface area (Å²) in [5, 5.41) is 14.7. The fraction of sp³-hybridized carbons (Fsp3) is 0.114. The second-order valence-corrected chi connectivity index (χ2v) is 20.0. The van der Waals surface area contributed by atoms with Gasteiger partial charge < -0.3 is 28.7 Å². The molecule has 0 bridgehead atoms. The largest absolute Gasteiger partial charge is 0.497 e. The number of hydrogen-bond donors (Lipinski definition) is 0. The molecule has 0 saturated heterocycles. The van der Waals surface area contributed by atoms with Crippen molar-refractivity contribution in [3.63, 3.8) is 0 Å². The Labute approximate surface area is 443 Å². The summed E-state index contributed by atoms with van der Waals surface area (Å²) in [7, 11) is 6.90. The predicted octanol–water partition coefficient (Wildman–Crippen LogP) is 19.0. The zero-order valence-electron chi connectivity index (χ0n) is 44.0. The number of methoxy groups -OCH3 is 4. The van der Waals surface area contributed by atoms with Crippen molar-refractivity contribution in [3.05, 3.63) is 216 Å². The van der Waals surface area contributed by atoms with Gasteiger partial charge in [0.05, 0.1) is 39.8 Å². The summed E-state index contributed by atoms with van der Waals surface area (Å²) in [4.78, 5) is 4.84. The molecule has 0 aliphatic carbocycles. The number of nitrogens with zero attached hydrogens (tertiary/aromatic N) is 2. The van der Waals surface area contributed by atoms with Crippen LogP contribution in [0.15, 0.2) is 194 Å². The van der Waals surface area contributed by atoms with Crippen LogP contribution < -0.4 is 28.7 Å². The second kappa shape index (κ2) is 18.3. The molecule has 0 heterocycles. The summed E-state index contributed by atoms with van der Waals surface area (Å²) in [6.07, 6.45) is 0. The topological polar surface area (TPSA) is 43.4 Å². The zero-order chi connectivity index (χ0) is 51.9. The van der Waals surface area contributed by atoms with Crippen LogP contribution in [0.25, 0.3) is 86.9 Å². The summed E-state index contributed by atoms with van der Waals surface area (Å²) in [6, 6.07) is 70.9. The molecular formula is C70H56N2O4. The average Bonchev–Trinajstić information content (AvgIpc) is 4.15. The van der Waals surface area contributed by atoms with E-state index in [-0.39, 0.29) is 0 Å². The van der Waals surface area contributed by atoms with Gasteiger partial charge in [-0.3, -0.25) is 0 Å². The molecule has 6 heteroatoms. The van der Waals surface area contributed by atoms with Crippen LogP contribution in [-0.2, 0) is 0 Å². The van der Waals surface area contributed by atoms with E-state index in [1.807, 2.05) is 0 Å². The summed E-state index contributed by atoms with van der Waals surface area (Å²) >= 11 is 0. The first kappa shape index (κ1) is 46.5. The standard InChI is InChI=1S/C70H56N2O4/c1-41-37-47(73-5)25-31-57(41)71(58-32-26-48(74-6)38-42(58)2)61-35-29-55-65-51(61)21-15-23-53(65)67-63(45-17-11-9-12-18-45)70-56-30-36-62(52-22-16-24-54(66(52)56)68(70)64(69(55)67)46-19-13-10-14-20-46)72(59-33-27-49(75-7)39-43(59)3)60-34-28-50(76-8)40-44(60)4/h9-40H,1-8H3. The highest BCUT2D eigenvalue weighted by Crippen LogP contribution is 2.58. The lowest BCUT2D eigenvalue weighted by molar-refractivity contribution is 0.414. The molecule has 0 amide bonds. The van der Waals surface area contributed by atoms with Crippen LogP contribution in [-0.4, -0.2) is 28.4 Å². The highest BCUT2D eigenvalue weighted by Gasteiger charge is 2.31. The van der Waals surface area contributed by atoms with Gasteiger partial charge in [0.25, 0.3) is 0 Å². The molecule has 6 nitrogen and oxygen atoms in total. The molecule has 13 rings (SSSR count). The maximum atomic E-state index is 5.74. The van der Waals surface area contributed by atoms with E-state index < -0.39 is 0 Å². The lowest BCUT2D eigenvalue weighted by Crippen LogP contribution is -2.13. The van der Waals surface area contributed by atoms with E-state index in [1.165, 1.54) is 86.9 Å². The van der Waals surface area contributed by atoms with Crippen LogP contribution in [0.5, 0.6) is 23.0 Å². The van der Waals surface area contributed by atoms with Crippen molar-refractivity contribution in [1.29, 1.82) is 0 Å². The molecule has 0 aliphatic heterocycles. The monoisotopic (exact) mass is 988 g/mol. The Bertz CT molecular complexity index is 3950. The number of hydrogen-bond acceptors (Lipinski definition) is 6. The third-order valence-electron chi connectivity index (χ3n) is 15.8. The molecule has 13 aromatic carbocycles. The first-order valence-corrected chi connectivity index (χ1v) is 25.9.